The summed E-state index contributed by atoms with van der Waals surface area (Å²) in [5.41, 5.74) is 1.55. The molecule has 0 unspecified atom stereocenters. The number of aromatic nitrogens is 3. The molecular formula is C20H26N4O3. The first-order valence-electron chi connectivity index (χ1n) is 9.76. The predicted molar refractivity (Wildman–Crippen MR) is 99.3 cm³/mol. The fourth-order valence-corrected chi connectivity index (χ4v) is 3.83. The molecule has 0 amide bonds. The highest BCUT2D eigenvalue weighted by atomic mass is 16.5. The summed E-state index contributed by atoms with van der Waals surface area (Å²) in [6.07, 6.45) is 5.84. The third kappa shape index (κ3) is 4.54. The van der Waals surface area contributed by atoms with Crippen LogP contribution in [0.1, 0.15) is 47.8 Å². The standard InChI is InChI=1S/C20H26N4O3/c25-20(16-6-2-1-3-7-16)27-19-9-5-4-8-18(19)24-15-17(21-22-24)14-23-10-12-26-13-11-23/h1-3,6-7,15,18-19H,4-5,8-14H2/t18-,19-/m1/s1. The predicted octanol–water partition coefficient (Wildman–Crippen LogP) is 2.45. The Balaban J connectivity index is 1.42. The van der Waals surface area contributed by atoms with Crippen molar-refractivity contribution >= 4 is 5.97 Å². The molecule has 1 aliphatic heterocycles. The van der Waals surface area contributed by atoms with E-state index in [-0.39, 0.29) is 18.1 Å². The average Bonchev–Trinajstić information content (AvgIpc) is 3.18. The summed E-state index contributed by atoms with van der Waals surface area (Å²) < 4.78 is 13.1. The number of hydrogen-bond donors (Lipinski definition) is 0. The third-order valence-electron chi connectivity index (χ3n) is 5.32. The molecule has 7 nitrogen and oxygen atoms in total. The van der Waals surface area contributed by atoms with Gasteiger partial charge in [0.15, 0.2) is 0 Å². The average molecular weight is 370 g/mol. The van der Waals surface area contributed by atoms with Crippen molar-refractivity contribution in [2.45, 2.75) is 44.4 Å². The van der Waals surface area contributed by atoms with Gasteiger partial charge in [0.2, 0.25) is 0 Å². The maximum Gasteiger partial charge on any atom is 0.338 e. The van der Waals surface area contributed by atoms with Gasteiger partial charge < -0.3 is 9.47 Å². The van der Waals surface area contributed by atoms with E-state index >= 15 is 0 Å². The van der Waals surface area contributed by atoms with Gasteiger partial charge in [-0.15, -0.1) is 5.10 Å². The minimum atomic E-state index is -0.263. The molecular weight excluding hydrogens is 344 g/mol. The second-order valence-corrected chi connectivity index (χ2v) is 7.24. The van der Waals surface area contributed by atoms with Crippen molar-refractivity contribution in [2.75, 3.05) is 26.3 Å². The van der Waals surface area contributed by atoms with E-state index in [0.29, 0.717) is 5.56 Å². The molecule has 1 aliphatic carbocycles. The second kappa shape index (κ2) is 8.63. The SMILES string of the molecule is O=C(O[C@@H]1CCCC[C@H]1n1cc(CN2CCOCC2)nn1)c1ccccc1. The van der Waals surface area contributed by atoms with Crippen LogP contribution < -0.4 is 0 Å². The lowest BCUT2D eigenvalue weighted by atomic mass is 9.92. The molecule has 144 valence electrons. The lowest BCUT2D eigenvalue weighted by Gasteiger charge is -2.31. The second-order valence-electron chi connectivity index (χ2n) is 7.24. The lowest BCUT2D eigenvalue weighted by molar-refractivity contribution is 0.00176. The Hall–Kier alpha value is -2.25. The summed E-state index contributed by atoms with van der Waals surface area (Å²) in [7, 11) is 0. The number of hydrogen-bond acceptors (Lipinski definition) is 6. The number of carbonyl (C=O) groups is 1. The van der Waals surface area contributed by atoms with E-state index < -0.39 is 0 Å². The zero-order valence-corrected chi connectivity index (χ0v) is 15.5. The summed E-state index contributed by atoms with van der Waals surface area (Å²) in [6.45, 7) is 4.17. The Kier molecular flexibility index (Phi) is 5.79. The number of benzene rings is 1. The van der Waals surface area contributed by atoms with Crippen molar-refractivity contribution < 1.29 is 14.3 Å². The summed E-state index contributed by atoms with van der Waals surface area (Å²) >= 11 is 0. The Labute approximate surface area is 159 Å². The molecule has 1 saturated carbocycles. The maximum atomic E-state index is 12.5. The molecule has 0 radical (unpaired) electrons. The van der Waals surface area contributed by atoms with Crippen LogP contribution in [-0.4, -0.2) is 58.3 Å². The van der Waals surface area contributed by atoms with Crippen molar-refractivity contribution in [3.63, 3.8) is 0 Å². The van der Waals surface area contributed by atoms with Gasteiger partial charge >= 0.3 is 5.97 Å². The van der Waals surface area contributed by atoms with E-state index in [2.05, 4.69) is 15.2 Å². The van der Waals surface area contributed by atoms with Gasteiger partial charge in [-0.05, 0) is 31.4 Å². The van der Waals surface area contributed by atoms with Crippen molar-refractivity contribution in [1.29, 1.82) is 0 Å². The monoisotopic (exact) mass is 370 g/mol. The highest BCUT2D eigenvalue weighted by Gasteiger charge is 2.31. The van der Waals surface area contributed by atoms with E-state index in [1.165, 1.54) is 0 Å². The molecule has 2 aromatic rings. The van der Waals surface area contributed by atoms with Crippen molar-refractivity contribution in [3.05, 3.63) is 47.8 Å². The van der Waals surface area contributed by atoms with Crippen LogP contribution in [0.15, 0.2) is 36.5 Å². The van der Waals surface area contributed by atoms with Crippen LogP contribution in [0.4, 0.5) is 0 Å². The smallest absolute Gasteiger partial charge is 0.338 e. The summed E-state index contributed by atoms with van der Waals surface area (Å²) in [6, 6.07) is 9.23. The fourth-order valence-electron chi connectivity index (χ4n) is 3.83. The summed E-state index contributed by atoms with van der Waals surface area (Å²) in [5.74, 6) is -0.263. The van der Waals surface area contributed by atoms with Crippen LogP contribution in [0.25, 0.3) is 0 Å². The highest BCUT2D eigenvalue weighted by molar-refractivity contribution is 5.89. The van der Waals surface area contributed by atoms with E-state index in [0.717, 1.165) is 64.2 Å². The Morgan fingerprint density at radius 3 is 2.74 bits per heavy atom. The van der Waals surface area contributed by atoms with Gasteiger partial charge in [0.1, 0.15) is 6.10 Å². The quantitative estimate of drug-likeness (QED) is 0.753. The van der Waals surface area contributed by atoms with Gasteiger partial charge in [0.05, 0.1) is 36.7 Å². The van der Waals surface area contributed by atoms with Crippen LogP contribution >= 0.6 is 0 Å². The van der Waals surface area contributed by atoms with Crippen molar-refractivity contribution in [2.24, 2.45) is 0 Å². The highest BCUT2D eigenvalue weighted by Crippen LogP contribution is 2.31. The molecule has 1 aromatic heterocycles. The van der Waals surface area contributed by atoms with Gasteiger partial charge in [0, 0.05) is 19.6 Å². The van der Waals surface area contributed by atoms with E-state index in [4.69, 9.17) is 9.47 Å². The summed E-state index contributed by atoms with van der Waals surface area (Å²) in [5, 5.41) is 8.70. The number of esters is 1. The molecule has 2 heterocycles. The Morgan fingerprint density at radius 2 is 1.93 bits per heavy atom. The van der Waals surface area contributed by atoms with E-state index in [1.807, 2.05) is 29.1 Å². The zero-order valence-electron chi connectivity index (χ0n) is 15.5. The molecule has 2 atom stereocenters. The van der Waals surface area contributed by atoms with Gasteiger partial charge in [-0.3, -0.25) is 4.90 Å². The number of rotatable bonds is 5. The van der Waals surface area contributed by atoms with E-state index in [1.54, 1.807) is 12.1 Å². The Bertz CT molecular complexity index is 743. The number of carbonyl (C=O) groups excluding carboxylic acids is 1. The number of ether oxygens (including phenoxy) is 2. The molecule has 0 bridgehead atoms. The van der Waals surface area contributed by atoms with Crippen LogP contribution in [0.3, 0.4) is 0 Å². The van der Waals surface area contributed by atoms with Crippen LogP contribution in [0.5, 0.6) is 0 Å². The van der Waals surface area contributed by atoms with Gasteiger partial charge in [-0.1, -0.05) is 29.8 Å². The molecule has 2 fully saturated rings. The molecule has 1 aromatic carbocycles. The third-order valence-corrected chi connectivity index (χ3v) is 5.32. The lowest BCUT2D eigenvalue weighted by Crippen LogP contribution is -2.35. The number of morpholine rings is 1. The van der Waals surface area contributed by atoms with Gasteiger partial charge in [0.25, 0.3) is 0 Å². The largest absolute Gasteiger partial charge is 0.456 e. The van der Waals surface area contributed by atoms with Crippen molar-refractivity contribution in [1.82, 2.24) is 19.9 Å². The first-order chi connectivity index (χ1) is 13.3. The summed E-state index contributed by atoms with van der Waals surface area (Å²) in [4.78, 5) is 14.8. The molecule has 2 aliphatic rings. The number of nitrogens with zero attached hydrogens (tertiary/aromatic N) is 4. The normalized spacial score (nSPS) is 23.9. The van der Waals surface area contributed by atoms with Gasteiger partial charge in [-0.2, -0.15) is 0 Å². The van der Waals surface area contributed by atoms with Crippen LogP contribution in [0.2, 0.25) is 0 Å². The zero-order chi connectivity index (χ0) is 18.5. The Morgan fingerprint density at radius 1 is 1.15 bits per heavy atom. The minimum absolute atomic E-state index is 0.0531. The van der Waals surface area contributed by atoms with E-state index in [9.17, 15) is 4.79 Å². The van der Waals surface area contributed by atoms with Crippen molar-refractivity contribution in [3.8, 4) is 0 Å². The molecule has 0 spiro atoms. The first kappa shape index (κ1) is 18.1. The fraction of sp³-hybridized carbons (Fsp3) is 0.550. The first-order valence-corrected chi connectivity index (χ1v) is 9.76. The molecule has 0 N–H and O–H groups in total. The minimum Gasteiger partial charge on any atom is -0.456 e. The molecule has 4 rings (SSSR count). The van der Waals surface area contributed by atoms with Crippen LogP contribution in [0, 0.1) is 0 Å². The molecule has 27 heavy (non-hydrogen) atoms. The molecule has 7 heteroatoms. The van der Waals surface area contributed by atoms with Gasteiger partial charge in [-0.25, -0.2) is 9.48 Å². The molecule has 1 saturated heterocycles. The maximum absolute atomic E-state index is 12.5. The topological polar surface area (TPSA) is 69.5 Å². The van der Waals surface area contributed by atoms with Crippen LogP contribution in [-0.2, 0) is 16.0 Å².